The summed E-state index contributed by atoms with van der Waals surface area (Å²) in [7, 11) is 3.55. The van der Waals surface area contributed by atoms with E-state index in [-0.39, 0.29) is 11.6 Å². The molecule has 168 valence electrons. The molecule has 3 N–H and O–H groups in total. The van der Waals surface area contributed by atoms with Crippen LogP contribution in [-0.2, 0) is 4.79 Å². The van der Waals surface area contributed by atoms with Gasteiger partial charge in [0.1, 0.15) is 5.69 Å². The van der Waals surface area contributed by atoms with E-state index in [2.05, 4.69) is 9.97 Å². The quantitative estimate of drug-likeness (QED) is 0.627. The summed E-state index contributed by atoms with van der Waals surface area (Å²) in [6, 6.07) is 14.8. The minimum atomic E-state index is -1.52. The minimum Gasteiger partial charge on any atom is -0.374 e. The lowest BCUT2D eigenvalue weighted by molar-refractivity contribution is -0.140. The Balaban J connectivity index is 1.53. The molecule has 3 aromatic rings. The molecule has 0 radical (unpaired) electrons. The van der Waals surface area contributed by atoms with Crippen molar-refractivity contribution >= 4 is 28.4 Å². The highest BCUT2D eigenvalue weighted by atomic mass is 16.3. The van der Waals surface area contributed by atoms with Gasteiger partial charge >= 0.3 is 0 Å². The first kappa shape index (κ1) is 20.9. The largest absolute Gasteiger partial charge is 0.374 e. The zero-order chi connectivity index (χ0) is 23.3. The second-order valence-corrected chi connectivity index (χ2v) is 8.49. The molecule has 2 aliphatic rings. The van der Waals surface area contributed by atoms with E-state index in [4.69, 9.17) is 5.73 Å². The number of aromatic nitrogens is 2. The Hall–Kier alpha value is -3.98. The molecule has 9 heteroatoms. The number of anilines is 1. The van der Waals surface area contributed by atoms with Crippen molar-refractivity contribution in [2.24, 2.45) is 5.73 Å². The molecular weight excluding hydrogens is 420 g/mol. The lowest BCUT2D eigenvalue weighted by atomic mass is 9.98. The normalized spacial score (nSPS) is 20.6. The van der Waals surface area contributed by atoms with Gasteiger partial charge in [0, 0.05) is 49.9 Å². The third-order valence-electron chi connectivity index (χ3n) is 6.26. The number of carbonyl (C=O) groups is 2. The molecule has 2 aliphatic heterocycles. The fraction of sp³-hybridized carbons (Fsp3) is 0.250. The van der Waals surface area contributed by atoms with E-state index in [0.29, 0.717) is 42.1 Å². The van der Waals surface area contributed by atoms with Gasteiger partial charge in [0.15, 0.2) is 11.4 Å². The van der Waals surface area contributed by atoms with Gasteiger partial charge in [-0.1, -0.05) is 30.3 Å². The number of rotatable bonds is 4. The highest BCUT2D eigenvalue weighted by Gasteiger charge is 2.49. The van der Waals surface area contributed by atoms with Crippen LogP contribution in [0, 0.1) is 0 Å². The molecular formula is C24H24N6O3. The molecule has 2 amide bonds. The lowest BCUT2D eigenvalue weighted by Crippen LogP contribution is -2.44. The van der Waals surface area contributed by atoms with Crippen molar-refractivity contribution in [1.29, 1.82) is 0 Å². The van der Waals surface area contributed by atoms with Crippen LogP contribution in [0.4, 0.5) is 5.69 Å². The van der Waals surface area contributed by atoms with Gasteiger partial charge in [0.25, 0.3) is 11.8 Å². The van der Waals surface area contributed by atoms with E-state index >= 15 is 0 Å². The number of likely N-dealkylation sites (tertiary alicyclic amines) is 1. The zero-order valence-corrected chi connectivity index (χ0v) is 18.4. The maximum atomic E-state index is 12.6. The van der Waals surface area contributed by atoms with Crippen LogP contribution >= 0.6 is 0 Å². The Morgan fingerprint density at radius 1 is 1.09 bits per heavy atom. The summed E-state index contributed by atoms with van der Waals surface area (Å²) in [4.78, 5) is 39.0. The van der Waals surface area contributed by atoms with Crippen molar-refractivity contribution in [1.82, 2.24) is 19.8 Å². The molecule has 2 aromatic carbocycles. The number of carbonyl (C=O) groups excluding carboxylic acids is 2. The van der Waals surface area contributed by atoms with E-state index in [1.54, 1.807) is 18.0 Å². The average molecular weight is 444 g/mol. The van der Waals surface area contributed by atoms with Gasteiger partial charge in [0.2, 0.25) is 0 Å². The number of fused-ring (bicyclic) bond motifs is 1. The standard InChI is InChI=1S/C24H24N6O3/c1-28-11-10-24(33,23(28)32)19-13-30(14-29(19)2)16-7-5-6-15(12-16)22-26-18-9-4-3-8-17(18)20(27-22)21(25)31/h3-9,12-13,33H,10-11,14H2,1-2H3,(H2,25,31). The van der Waals surface area contributed by atoms with Crippen molar-refractivity contribution < 1.29 is 14.7 Å². The molecule has 3 heterocycles. The minimum absolute atomic E-state index is 0.176. The third kappa shape index (κ3) is 3.37. The van der Waals surface area contributed by atoms with E-state index in [0.717, 1.165) is 11.3 Å². The molecule has 1 fully saturated rings. The second kappa shape index (κ2) is 7.56. The second-order valence-electron chi connectivity index (χ2n) is 8.49. The van der Waals surface area contributed by atoms with Crippen molar-refractivity contribution in [3.05, 3.63) is 66.1 Å². The number of nitrogens with zero attached hydrogens (tertiary/aromatic N) is 5. The number of hydrogen-bond acceptors (Lipinski definition) is 7. The molecule has 1 saturated heterocycles. The van der Waals surface area contributed by atoms with Crippen LogP contribution in [0.3, 0.4) is 0 Å². The maximum absolute atomic E-state index is 12.6. The molecule has 0 aliphatic carbocycles. The molecule has 1 aromatic heterocycles. The van der Waals surface area contributed by atoms with Gasteiger partial charge in [-0.25, -0.2) is 9.97 Å². The molecule has 0 spiro atoms. The predicted molar refractivity (Wildman–Crippen MR) is 124 cm³/mol. The SMILES string of the molecule is CN1CCC(O)(C2=CN(c3cccc(-c4nc(C(N)=O)c5ccccc5n4)c3)CN2C)C1=O. The zero-order valence-electron chi connectivity index (χ0n) is 18.4. The molecule has 0 bridgehead atoms. The van der Waals surface area contributed by atoms with E-state index < -0.39 is 11.5 Å². The van der Waals surface area contributed by atoms with Crippen LogP contribution in [-0.4, -0.2) is 69.6 Å². The van der Waals surface area contributed by atoms with E-state index in [1.165, 1.54) is 0 Å². The fourth-order valence-electron chi connectivity index (χ4n) is 4.48. The Morgan fingerprint density at radius 3 is 2.61 bits per heavy atom. The molecule has 1 atom stereocenters. The number of aliphatic hydroxyl groups is 1. The lowest BCUT2D eigenvalue weighted by Gasteiger charge is -2.27. The average Bonchev–Trinajstić information content (AvgIpc) is 3.34. The van der Waals surface area contributed by atoms with Gasteiger partial charge in [-0.05, 0) is 18.2 Å². The van der Waals surface area contributed by atoms with Crippen molar-refractivity contribution in [3.63, 3.8) is 0 Å². The van der Waals surface area contributed by atoms with Crippen LogP contribution in [0.2, 0.25) is 0 Å². The van der Waals surface area contributed by atoms with E-state index in [9.17, 15) is 14.7 Å². The summed E-state index contributed by atoms with van der Waals surface area (Å²) in [5.41, 5.74) is 7.00. The van der Waals surface area contributed by atoms with Gasteiger partial charge < -0.3 is 25.5 Å². The highest BCUT2D eigenvalue weighted by molar-refractivity contribution is 6.04. The number of primary amides is 1. The van der Waals surface area contributed by atoms with Gasteiger partial charge in [-0.3, -0.25) is 9.59 Å². The Bertz CT molecular complexity index is 1320. The van der Waals surface area contributed by atoms with Crippen LogP contribution in [0.5, 0.6) is 0 Å². The van der Waals surface area contributed by atoms with Gasteiger partial charge in [-0.2, -0.15) is 0 Å². The Kier molecular flexibility index (Phi) is 4.79. The number of para-hydroxylation sites is 1. The number of nitrogens with two attached hydrogens (primary N) is 1. The highest BCUT2D eigenvalue weighted by Crippen LogP contribution is 2.36. The summed E-state index contributed by atoms with van der Waals surface area (Å²) in [5, 5.41) is 11.7. The summed E-state index contributed by atoms with van der Waals surface area (Å²) < 4.78 is 0. The van der Waals surface area contributed by atoms with Crippen LogP contribution < -0.4 is 10.6 Å². The summed E-state index contributed by atoms with van der Waals surface area (Å²) >= 11 is 0. The van der Waals surface area contributed by atoms with Crippen molar-refractivity contribution in [2.45, 2.75) is 12.0 Å². The molecule has 0 saturated carbocycles. The summed E-state index contributed by atoms with van der Waals surface area (Å²) in [6.07, 6.45) is 2.17. The first-order valence-electron chi connectivity index (χ1n) is 10.6. The monoisotopic (exact) mass is 444 g/mol. The number of likely N-dealkylation sites (N-methyl/N-ethyl adjacent to an activating group) is 2. The molecule has 1 unspecified atom stereocenters. The number of hydrogen-bond donors (Lipinski definition) is 2. The van der Waals surface area contributed by atoms with Crippen molar-refractivity contribution in [3.8, 4) is 11.4 Å². The van der Waals surface area contributed by atoms with Crippen molar-refractivity contribution in [2.75, 3.05) is 32.2 Å². The van der Waals surface area contributed by atoms with Gasteiger partial charge in [0.05, 0.1) is 17.9 Å². The third-order valence-corrected chi connectivity index (χ3v) is 6.26. The predicted octanol–water partition coefficient (Wildman–Crippen LogP) is 1.54. The van der Waals surface area contributed by atoms with Gasteiger partial charge in [-0.15, -0.1) is 0 Å². The van der Waals surface area contributed by atoms with Crippen LogP contribution in [0.15, 0.2) is 60.4 Å². The maximum Gasteiger partial charge on any atom is 0.268 e. The Labute approximate surface area is 190 Å². The smallest absolute Gasteiger partial charge is 0.268 e. The van der Waals surface area contributed by atoms with Crippen LogP contribution in [0.1, 0.15) is 16.9 Å². The van der Waals surface area contributed by atoms with Crippen LogP contribution in [0.25, 0.3) is 22.3 Å². The van der Waals surface area contributed by atoms with E-state index in [1.807, 2.05) is 65.5 Å². The first-order chi connectivity index (χ1) is 15.8. The molecule has 5 rings (SSSR count). The number of amides is 2. The fourth-order valence-corrected chi connectivity index (χ4v) is 4.48. The first-order valence-corrected chi connectivity index (χ1v) is 10.6. The molecule has 9 nitrogen and oxygen atoms in total. The Morgan fingerprint density at radius 2 is 1.88 bits per heavy atom. The summed E-state index contributed by atoms with van der Waals surface area (Å²) in [6.45, 7) is 0.987. The number of benzene rings is 2. The molecule has 33 heavy (non-hydrogen) atoms. The summed E-state index contributed by atoms with van der Waals surface area (Å²) in [5.74, 6) is -0.508. The topological polar surface area (TPSA) is 116 Å².